The molecule has 0 aliphatic heterocycles. The summed E-state index contributed by atoms with van der Waals surface area (Å²) in [6.07, 6.45) is 1.56. The maximum atomic E-state index is 6.48. The van der Waals surface area contributed by atoms with Gasteiger partial charge in [0.2, 0.25) is 0 Å². The zero-order valence-electron chi connectivity index (χ0n) is 13.3. The Morgan fingerprint density at radius 2 is 1.86 bits per heavy atom. The Morgan fingerprint density at radius 3 is 2.38 bits per heavy atom. The molecule has 0 saturated carbocycles. The Kier molecular flexibility index (Phi) is 5.07. The lowest BCUT2D eigenvalue weighted by molar-refractivity contribution is 0.583. The van der Waals surface area contributed by atoms with E-state index >= 15 is 0 Å². The third kappa shape index (κ3) is 3.14. The summed E-state index contributed by atoms with van der Waals surface area (Å²) >= 11 is 6.48. The van der Waals surface area contributed by atoms with Gasteiger partial charge in [-0.3, -0.25) is 4.68 Å². The van der Waals surface area contributed by atoms with Gasteiger partial charge in [0, 0.05) is 19.0 Å². The van der Waals surface area contributed by atoms with Crippen molar-refractivity contribution in [2.24, 2.45) is 5.73 Å². The molecule has 0 amide bonds. The van der Waals surface area contributed by atoms with E-state index in [1.54, 1.807) is 0 Å². The summed E-state index contributed by atoms with van der Waals surface area (Å²) in [5, 5.41) is 5.35. The maximum Gasteiger partial charge on any atom is 0.0850 e. The van der Waals surface area contributed by atoms with Crippen LogP contribution in [0.3, 0.4) is 0 Å². The van der Waals surface area contributed by atoms with E-state index in [0.29, 0.717) is 6.42 Å². The van der Waals surface area contributed by atoms with E-state index in [1.807, 2.05) is 4.68 Å². The number of halogens is 1. The second kappa shape index (κ2) is 6.63. The molecule has 1 aromatic heterocycles. The number of aryl methyl sites for hydroxylation is 4. The van der Waals surface area contributed by atoms with Gasteiger partial charge in [0.15, 0.2) is 0 Å². The van der Waals surface area contributed by atoms with Crippen LogP contribution in [0.2, 0.25) is 5.02 Å². The highest BCUT2D eigenvalue weighted by Crippen LogP contribution is 2.28. The zero-order chi connectivity index (χ0) is 15.6. The van der Waals surface area contributed by atoms with Crippen molar-refractivity contribution in [3.63, 3.8) is 0 Å². The summed E-state index contributed by atoms with van der Waals surface area (Å²) in [5.74, 6) is 0. The van der Waals surface area contributed by atoms with Crippen LogP contribution in [0.4, 0.5) is 0 Å². The summed E-state index contributed by atoms with van der Waals surface area (Å²) in [6.45, 7) is 9.19. The monoisotopic (exact) mass is 305 g/mol. The summed E-state index contributed by atoms with van der Waals surface area (Å²) < 4.78 is 1.98. The highest BCUT2D eigenvalue weighted by atomic mass is 35.5. The van der Waals surface area contributed by atoms with Crippen LogP contribution in [0, 0.1) is 13.8 Å². The molecular formula is C17H24ClN3. The van der Waals surface area contributed by atoms with Crippen LogP contribution in [0.15, 0.2) is 18.2 Å². The van der Waals surface area contributed by atoms with E-state index in [-0.39, 0.29) is 6.04 Å². The molecular weight excluding hydrogens is 282 g/mol. The predicted octanol–water partition coefficient (Wildman–Crippen LogP) is 3.98. The molecule has 0 spiro atoms. The zero-order valence-corrected chi connectivity index (χ0v) is 14.0. The normalized spacial score (nSPS) is 12.7. The molecule has 1 atom stereocenters. The van der Waals surface area contributed by atoms with Crippen LogP contribution < -0.4 is 5.73 Å². The lowest BCUT2D eigenvalue weighted by atomic mass is 9.94. The number of nitrogens with zero attached hydrogens (tertiary/aromatic N) is 2. The van der Waals surface area contributed by atoms with Crippen molar-refractivity contribution in [2.45, 2.75) is 53.1 Å². The van der Waals surface area contributed by atoms with Crippen LogP contribution in [-0.2, 0) is 19.4 Å². The van der Waals surface area contributed by atoms with E-state index in [2.05, 4.69) is 51.0 Å². The van der Waals surface area contributed by atoms with Gasteiger partial charge in [-0.2, -0.15) is 5.10 Å². The third-order valence-corrected chi connectivity index (χ3v) is 4.46. The van der Waals surface area contributed by atoms with E-state index in [4.69, 9.17) is 17.3 Å². The third-order valence-electron chi connectivity index (χ3n) is 4.02. The fraction of sp³-hybridized carbons (Fsp3) is 0.471. The van der Waals surface area contributed by atoms with Gasteiger partial charge in [-0.25, -0.2) is 0 Å². The molecule has 0 aliphatic rings. The SMILES string of the molecule is CCc1nn(CC)c(CC(N)c2c(C)cccc2C)c1Cl. The second-order valence-corrected chi connectivity index (χ2v) is 5.87. The van der Waals surface area contributed by atoms with Crippen molar-refractivity contribution >= 4 is 11.6 Å². The number of aromatic nitrogens is 2. The van der Waals surface area contributed by atoms with Crippen molar-refractivity contribution in [1.82, 2.24) is 9.78 Å². The first-order chi connectivity index (χ1) is 9.99. The molecule has 2 aromatic rings. The number of nitrogens with two attached hydrogens (primary N) is 1. The molecule has 0 aliphatic carbocycles. The van der Waals surface area contributed by atoms with Crippen molar-refractivity contribution in [3.05, 3.63) is 51.3 Å². The molecule has 1 unspecified atom stereocenters. The van der Waals surface area contributed by atoms with Crippen LogP contribution in [0.25, 0.3) is 0 Å². The van der Waals surface area contributed by atoms with Crippen LogP contribution in [-0.4, -0.2) is 9.78 Å². The Hall–Kier alpha value is -1.32. The average Bonchev–Trinajstić information content (AvgIpc) is 2.75. The first-order valence-corrected chi connectivity index (χ1v) is 7.93. The number of hydrogen-bond donors (Lipinski definition) is 1. The summed E-state index contributed by atoms with van der Waals surface area (Å²) in [5.41, 5.74) is 12.2. The smallest absolute Gasteiger partial charge is 0.0850 e. The number of benzene rings is 1. The van der Waals surface area contributed by atoms with Gasteiger partial charge in [-0.1, -0.05) is 36.7 Å². The molecule has 4 heteroatoms. The minimum Gasteiger partial charge on any atom is -0.324 e. The van der Waals surface area contributed by atoms with Gasteiger partial charge in [-0.15, -0.1) is 0 Å². The quantitative estimate of drug-likeness (QED) is 0.908. The predicted molar refractivity (Wildman–Crippen MR) is 88.8 cm³/mol. The summed E-state index contributed by atoms with van der Waals surface area (Å²) in [7, 11) is 0. The molecule has 0 fully saturated rings. The van der Waals surface area contributed by atoms with Gasteiger partial charge < -0.3 is 5.73 Å². The van der Waals surface area contributed by atoms with Gasteiger partial charge in [-0.05, 0) is 43.9 Å². The first-order valence-electron chi connectivity index (χ1n) is 7.55. The van der Waals surface area contributed by atoms with Crippen LogP contribution >= 0.6 is 11.6 Å². The molecule has 2 N–H and O–H groups in total. The first kappa shape index (κ1) is 16.1. The molecule has 1 heterocycles. The van der Waals surface area contributed by atoms with Gasteiger partial charge in [0.1, 0.15) is 0 Å². The highest BCUT2D eigenvalue weighted by molar-refractivity contribution is 6.31. The Balaban J connectivity index is 2.36. The van der Waals surface area contributed by atoms with Gasteiger partial charge in [0.05, 0.1) is 16.4 Å². The molecule has 0 saturated heterocycles. The summed E-state index contributed by atoms with van der Waals surface area (Å²) in [4.78, 5) is 0. The topological polar surface area (TPSA) is 43.8 Å². The van der Waals surface area contributed by atoms with Crippen molar-refractivity contribution in [1.29, 1.82) is 0 Å². The van der Waals surface area contributed by atoms with E-state index in [0.717, 1.165) is 29.4 Å². The largest absolute Gasteiger partial charge is 0.324 e. The fourth-order valence-corrected chi connectivity index (χ4v) is 3.28. The summed E-state index contributed by atoms with van der Waals surface area (Å²) in [6, 6.07) is 6.23. The van der Waals surface area contributed by atoms with Gasteiger partial charge >= 0.3 is 0 Å². The van der Waals surface area contributed by atoms with Crippen LogP contribution in [0.1, 0.15) is 48.0 Å². The lowest BCUT2D eigenvalue weighted by Crippen LogP contribution is -2.18. The Bertz CT molecular complexity index is 611. The van der Waals surface area contributed by atoms with E-state index in [1.165, 1.54) is 16.7 Å². The van der Waals surface area contributed by atoms with E-state index < -0.39 is 0 Å². The number of rotatable bonds is 5. The van der Waals surface area contributed by atoms with Crippen molar-refractivity contribution < 1.29 is 0 Å². The molecule has 0 radical (unpaired) electrons. The average molecular weight is 306 g/mol. The Labute approximate surface area is 132 Å². The molecule has 0 bridgehead atoms. The second-order valence-electron chi connectivity index (χ2n) is 5.49. The molecule has 21 heavy (non-hydrogen) atoms. The fourth-order valence-electron chi connectivity index (χ4n) is 2.93. The molecule has 1 aromatic carbocycles. The lowest BCUT2D eigenvalue weighted by Gasteiger charge is -2.18. The van der Waals surface area contributed by atoms with Gasteiger partial charge in [0.25, 0.3) is 0 Å². The minimum atomic E-state index is -0.0598. The molecule has 2 rings (SSSR count). The van der Waals surface area contributed by atoms with Crippen LogP contribution in [0.5, 0.6) is 0 Å². The number of hydrogen-bond acceptors (Lipinski definition) is 2. The minimum absolute atomic E-state index is 0.0598. The Morgan fingerprint density at radius 1 is 1.24 bits per heavy atom. The molecule has 114 valence electrons. The van der Waals surface area contributed by atoms with Crippen molar-refractivity contribution in [2.75, 3.05) is 0 Å². The van der Waals surface area contributed by atoms with Crippen molar-refractivity contribution in [3.8, 4) is 0 Å². The highest BCUT2D eigenvalue weighted by Gasteiger charge is 2.19. The van der Waals surface area contributed by atoms with E-state index in [9.17, 15) is 0 Å². The maximum absolute atomic E-state index is 6.48. The standard InChI is InChI=1S/C17H24ClN3/c1-5-14-17(18)15(21(6-2)20-14)10-13(19)16-11(3)8-7-9-12(16)4/h7-9,13H,5-6,10,19H2,1-4H3. The molecule has 3 nitrogen and oxygen atoms in total.